The molecule has 0 aliphatic heterocycles. The molecule has 3 rings (SSSR count). The summed E-state index contributed by atoms with van der Waals surface area (Å²) in [6.45, 7) is 30.1. The number of fused-ring (bicyclic) bond motifs is 1. The third-order valence-corrected chi connectivity index (χ3v) is 12.9. The summed E-state index contributed by atoms with van der Waals surface area (Å²) in [5.74, 6) is 1.17. The van der Waals surface area contributed by atoms with Gasteiger partial charge in [-0.3, -0.25) is 4.18 Å². The predicted octanol–water partition coefficient (Wildman–Crippen LogP) is 8.84. The Labute approximate surface area is 273 Å². The standard InChI is InChI=1S/C36H62O5SSi2/c1-26-17-20-29(21-18-26)42(37,38)40-33-27(2)24-31-30(32(35(6,7)8)25-36(31,33)41-44(11)12)22-19-28(34(3,4)5)16-14-13-15-23-39-43(9)10/h17-22,28,30-33,43-44H,2,13-16,23-25H2,1,3-12H3/t28-,30+,31-,32+,33?,36-/m0/s1. The van der Waals surface area contributed by atoms with Crippen molar-refractivity contribution in [3.63, 3.8) is 0 Å². The molecule has 0 radical (unpaired) electrons. The van der Waals surface area contributed by atoms with Gasteiger partial charge < -0.3 is 8.85 Å². The van der Waals surface area contributed by atoms with Crippen molar-refractivity contribution in [1.82, 2.24) is 0 Å². The van der Waals surface area contributed by atoms with E-state index >= 15 is 0 Å². The van der Waals surface area contributed by atoms with Crippen molar-refractivity contribution in [1.29, 1.82) is 0 Å². The molecular formula is C36H62O5SSi2. The molecule has 1 aromatic carbocycles. The van der Waals surface area contributed by atoms with Gasteiger partial charge in [-0.15, -0.1) is 0 Å². The Morgan fingerprint density at radius 1 is 1.00 bits per heavy atom. The molecule has 44 heavy (non-hydrogen) atoms. The molecule has 0 saturated heterocycles. The number of unbranched alkanes of at least 4 members (excludes halogenated alkanes) is 2. The minimum atomic E-state index is -3.99. The Balaban J connectivity index is 1.93. The highest BCUT2D eigenvalue weighted by atomic mass is 32.2. The third kappa shape index (κ3) is 9.28. The lowest BCUT2D eigenvalue weighted by Crippen LogP contribution is -2.48. The zero-order valence-corrected chi connectivity index (χ0v) is 32.7. The van der Waals surface area contributed by atoms with Crippen LogP contribution < -0.4 is 0 Å². The van der Waals surface area contributed by atoms with E-state index in [2.05, 4.69) is 86.5 Å². The summed E-state index contributed by atoms with van der Waals surface area (Å²) in [5.41, 5.74) is 1.32. The Morgan fingerprint density at radius 2 is 1.64 bits per heavy atom. The summed E-state index contributed by atoms with van der Waals surface area (Å²) in [6, 6.07) is 6.89. The molecule has 0 amide bonds. The molecule has 0 N–H and O–H groups in total. The quantitative estimate of drug-likeness (QED) is 0.0862. The van der Waals surface area contributed by atoms with E-state index in [1.807, 2.05) is 19.1 Å². The minimum Gasteiger partial charge on any atom is -0.421 e. The highest BCUT2D eigenvalue weighted by Gasteiger charge is 2.65. The molecule has 2 aliphatic carbocycles. The minimum absolute atomic E-state index is 0.0207. The normalized spacial score (nSPS) is 27.2. The molecule has 5 nitrogen and oxygen atoms in total. The Bertz CT molecular complexity index is 1230. The summed E-state index contributed by atoms with van der Waals surface area (Å²) in [5, 5.41) is 0. The van der Waals surface area contributed by atoms with E-state index in [-0.39, 0.29) is 27.6 Å². The van der Waals surface area contributed by atoms with E-state index < -0.39 is 39.9 Å². The molecule has 2 aliphatic rings. The third-order valence-electron chi connectivity index (χ3n) is 9.78. The molecular weight excluding hydrogens is 601 g/mol. The Kier molecular flexibility index (Phi) is 12.6. The maximum atomic E-state index is 13.6. The number of hydrogen-bond acceptors (Lipinski definition) is 5. The highest BCUT2D eigenvalue weighted by Crippen LogP contribution is 2.62. The molecule has 2 saturated carbocycles. The molecule has 2 fully saturated rings. The Hall–Kier alpha value is -1.04. The van der Waals surface area contributed by atoms with Gasteiger partial charge in [-0.05, 0) is 105 Å². The topological polar surface area (TPSA) is 61.8 Å². The fourth-order valence-electron chi connectivity index (χ4n) is 7.45. The van der Waals surface area contributed by atoms with Crippen LogP contribution in [0, 0.1) is 41.4 Å². The fraction of sp³-hybridized carbons (Fsp3) is 0.722. The first-order valence-corrected chi connectivity index (χ1v) is 23.9. The summed E-state index contributed by atoms with van der Waals surface area (Å²) < 4.78 is 46.3. The second-order valence-corrected chi connectivity index (χ2v) is 22.6. The maximum absolute atomic E-state index is 13.6. The van der Waals surface area contributed by atoms with Crippen LogP contribution in [0.15, 0.2) is 53.5 Å². The first-order valence-electron chi connectivity index (χ1n) is 16.9. The first-order chi connectivity index (χ1) is 20.3. The number of rotatable bonds is 14. The van der Waals surface area contributed by atoms with Crippen molar-refractivity contribution in [2.24, 2.45) is 34.5 Å². The molecule has 8 heteroatoms. The monoisotopic (exact) mass is 662 g/mol. The molecule has 0 aromatic heterocycles. The Morgan fingerprint density at radius 3 is 2.18 bits per heavy atom. The van der Waals surface area contributed by atoms with Gasteiger partial charge in [-0.25, -0.2) is 0 Å². The van der Waals surface area contributed by atoms with Gasteiger partial charge >= 0.3 is 0 Å². The largest absolute Gasteiger partial charge is 0.421 e. The van der Waals surface area contributed by atoms with Crippen LogP contribution in [-0.2, 0) is 23.2 Å². The van der Waals surface area contributed by atoms with Crippen LogP contribution >= 0.6 is 0 Å². The number of aryl methyl sites for hydroxylation is 1. The van der Waals surface area contributed by atoms with Crippen LogP contribution in [0.3, 0.4) is 0 Å². The summed E-state index contributed by atoms with van der Waals surface area (Å²) in [7, 11) is -6.52. The zero-order valence-electron chi connectivity index (χ0n) is 29.6. The van der Waals surface area contributed by atoms with Crippen LogP contribution in [0.2, 0.25) is 26.2 Å². The van der Waals surface area contributed by atoms with Crippen molar-refractivity contribution in [3.8, 4) is 0 Å². The lowest BCUT2D eigenvalue weighted by Gasteiger charge is -2.38. The van der Waals surface area contributed by atoms with Crippen LogP contribution in [0.5, 0.6) is 0 Å². The molecule has 0 spiro atoms. The predicted molar refractivity (Wildman–Crippen MR) is 190 cm³/mol. The SMILES string of the molecule is C=C1C[C@H]2[C@@H](C=C[C@H](CCCCCO[SiH](C)C)C(C)(C)C)[C@H](C(C)(C)C)C[C@@]2(O[SiH](C)C)C1OS(=O)(=O)c1ccc(C)cc1. The van der Waals surface area contributed by atoms with E-state index in [0.29, 0.717) is 11.8 Å². The van der Waals surface area contributed by atoms with E-state index in [0.717, 1.165) is 43.4 Å². The van der Waals surface area contributed by atoms with E-state index in [1.165, 1.54) is 12.8 Å². The van der Waals surface area contributed by atoms with Crippen LogP contribution in [0.4, 0.5) is 0 Å². The maximum Gasteiger partial charge on any atom is 0.297 e. The van der Waals surface area contributed by atoms with Gasteiger partial charge in [0.05, 0.1) is 10.5 Å². The second-order valence-electron chi connectivity index (χ2n) is 16.2. The lowest BCUT2D eigenvalue weighted by atomic mass is 9.71. The van der Waals surface area contributed by atoms with Gasteiger partial charge in [0.2, 0.25) is 0 Å². The van der Waals surface area contributed by atoms with Gasteiger partial charge in [-0.1, -0.05) is 90.8 Å². The van der Waals surface area contributed by atoms with Gasteiger partial charge in [0.15, 0.2) is 18.1 Å². The molecule has 1 unspecified atom stereocenters. The summed E-state index contributed by atoms with van der Waals surface area (Å²) in [6.07, 6.45) is 10.5. The van der Waals surface area contributed by atoms with E-state index in [4.69, 9.17) is 13.0 Å². The van der Waals surface area contributed by atoms with Crippen LogP contribution in [0.1, 0.15) is 85.6 Å². The van der Waals surface area contributed by atoms with Crippen LogP contribution in [-0.4, -0.2) is 44.8 Å². The average molecular weight is 663 g/mol. The van der Waals surface area contributed by atoms with Gasteiger partial charge in [-0.2, -0.15) is 8.42 Å². The van der Waals surface area contributed by atoms with Crippen molar-refractivity contribution >= 4 is 28.2 Å². The molecule has 250 valence electrons. The van der Waals surface area contributed by atoms with Crippen molar-refractivity contribution in [3.05, 3.63) is 54.1 Å². The highest BCUT2D eigenvalue weighted by molar-refractivity contribution is 7.86. The number of benzene rings is 1. The first kappa shape index (κ1) is 37.4. The van der Waals surface area contributed by atoms with Crippen molar-refractivity contribution in [2.75, 3.05) is 6.61 Å². The smallest absolute Gasteiger partial charge is 0.297 e. The average Bonchev–Trinajstić information content (AvgIpc) is 3.31. The zero-order chi connectivity index (χ0) is 33.1. The molecule has 0 bridgehead atoms. The number of hydrogen-bond donors (Lipinski definition) is 0. The van der Waals surface area contributed by atoms with Crippen molar-refractivity contribution in [2.45, 2.75) is 130 Å². The number of allylic oxidation sites excluding steroid dienone is 2. The summed E-state index contributed by atoms with van der Waals surface area (Å²) >= 11 is 0. The second kappa shape index (κ2) is 14.8. The molecule has 6 atom stereocenters. The summed E-state index contributed by atoms with van der Waals surface area (Å²) in [4.78, 5) is 0.184. The van der Waals surface area contributed by atoms with Crippen LogP contribution in [0.25, 0.3) is 0 Å². The van der Waals surface area contributed by atoms with E-state index in [9.17, 15) is 8.42 Å². The molecule has 0 heterocycles. The van der Waals surface area contributed by atoms with Gasteiger partial charge in [0.1, 0.15) is 6.10 Å². The van der Waals surface area contributed by atoms with Crippen molar-refractivity contribution < 1.29 is 21.5 Å². The fourth-order valence-corrected chi connectivity index (χ4v) is 10.5. The van der Waals surface area contributed by atoms with E-state index in [1.54, 1.807) is 12.1 Å². The van der Waals surface area contributed by atoms with Gasteiger partial charge in [0.25, 0.3) is 10.1 Å². The van der Waals surface area contributed by atoms with Gasteiger partial charge in [0, 0.05) is 12.5 Å². The molecule has 1 aromatic rings. The lowest BCUT2D eigenvalue weighted by molar-refractivity contribution is -0.0313.